The molecule has 4 aromatic rings. The first kappa shape index (κ1) is 15.6. The molecule has 2 aromatic heterocycles. The number of aromatic nitrogens is 4. The lowest BCUT2D eigenvalue weighted by molar-refractivity contribution is 0.891. The van der Waals surface area contributed by atoms with Gasteiger partial charge in [-0.2, -0.15) is 9.67 Å². The quantitative estimate of drug-likeness (QED) is 0.511. The molecule has 0 atom stereocenters. The third-order valence-corrected chi connectivity index (χ3v) is 3.70. The second-order valence-electron chi connectivity index (χ2n) is 5.59. The van der Waals surface area contributed by atoms with Crippen molar-refractivity contribution >= 4 is 29.1 Å². The van der Waals surface area contributed by atoms with E-state index < -0.39 is 0 Å². The molecule has 128 valence electrons. The van der Waals surface area contributed by atoms with Crippen LogP contribution in [0, 0.1) is 0 Å². The zero-order valence-electron chi connectivity index (χ0n) is 13.9. The molecule has 7 nitrogen and oxygen atoms in total. The Morgan fingerprint density at radius 2 is 1.46 bits per heavy atom. The second-order valence-corrected chi connectivity index (χ2v) is 5.59. The molecule has 0 radical (unpaired) electrons. The van der Waals surface area contributed by atoms with Gasteiger partial charge in [0.1, 0.15) is 5.82 Å². The third-order valence-electron chi connectivity index (χ3n) is 3.70. The third kappa shape index (κ3) is 3.46. The summed E-state index contributed by atoms with van der Waals surface area (Å²) in [5.74, 6) is 1.42. The zero-order chi connectivity index (χ0) is 17.8. The number of benzene rings is 2. The van der Waals surface area contributed by atoms with Crippen LogP contribution in [0.4, 0.5) is 29.1 Å². The number of nitrogens with zero attached hydrogens (tertiary/aromatic N) is 4. The van der Waals surface area contributed by atoms with Gasteiger partial charge in [-0.3, -0.25) is 0 Å². The summed E-state index contributed by atoms with van der Waals surface area (Å²) in [7, 11) is 0. The summed E-state index contributed by atoms with van der Waals surface area (Å²) in [6.45, 7) is 0. The highest BCUT2D eigenvalue weighted by atomic mass is 15.4. The van der Waals surface area contributed by atoms with E-state index in [0.29, 0.717) is 17.7 Å². The molecule has 0 fully saturated rings. The Hall–Kier alpha value is -3.87. The van der Waals surface area contributed by atoms with Crippen molar-refractivity contribution < 1.29 is 0 Å². The van der Waals surface area contributed by atoms with E-state index in [1.54, 1.807) is 10.9 Å². The van der Waals surface area contributed by atoms with Crippen LogP contribution in [0.2, 0.25) is 0 Å². The van der Waals surface area contributed by atoms with Gasteiger partial charge < -0.3 is 16.4 Å². The van der Waals surface area contributed by atoms with E-state index in [-0.39, 0.29) is 0 Å². The Balaban J connectivity index is 1.58. The number of rotatable bonds is 5. The SMILES string of the molecule is Nc1nc(Nc2ccccc2)nn1-c1ccnc(Nc2ccccc2)c1. The van der Waals surface area contributed by atoms with Crippen LogP contribution in [0.15, 0.2) is 79.0 Å². The van der Waals surface area contributed by atoms with Crippen LogP contribution >= 0.6 is 0 Å². The highest BCUT2D eigenvalue weighted by Gasteiger charge is 2.10. The molecule has 0 unspecified atom stereocenters. The summed E-state index contributed by atoms with van der Waals surface area (Å²) >= 11 is 0. The van der Waals surface area contributed by atoms with Crippen LogP contribution in [0.5, 0.6) is 0 Å². The number of nitrogens with one attached hydrogen (secondary N) is 2. The number of hydrogen-bond donors (Lipinski definition) is 3. The van der Waals surface area contributed by atoms with Crippen LogP contribution < -0.4 is 16.4 Å². The van der Waals surface area contributed by atoms with Gasteiger partial charge in [0, 0.05) is 23.6 Å². The van der Waals surface area contributed by atoms with Gasteiger partial charge >= 0.3 is 0 Å². The predicted molar refractivity (Wildman–Crippen MR) is 103 cm³/mol. The number of nitrogens with two attached hydrogens (primary N) is 1. The highest BCUT2D eigenvalue weighted by molar-refractivity contribution is 5.59. The van der Waals surface area contributed by atoms with E-state index in [1.165, 1.54) is 0 Å². The standard InChI is InChI=1S/C19H17N7/c20-18-24-19(23-15-9-5-2-6-10-15)25-26(18)16-11-12-21-17(13-16)22-14-7-3-1-4-8-14/h1-13H,(H,21,22)(H3,20,23,24,25). The smallest absolute Gasteiger partial charge is 0.248 e. The Labute approximate surface area is 150 Å². The molecule has 0 saturated heterocycles. The average molecular weight is 343 g/mol. The summed E-state index contributed by atoms with van der Waals surface area (Å²) in [6, 6.07) is 23.2. The Morgan fingerprint density at radius 3 is 2.15 bits per heavy atom. The topological polar surface area (TPSA) is 93.7 Å². The van der Waals surface area contributed by atoms with Crippen molar-refractivity contribution in [1.29, 1.82) is 0 Å². The minimum absolute atomic E-state index is 0.292. The van der Waals surface area contributed by atoms with Gasteiger partial charge in [0.15, 0.2) is 0 Å². The fraction of sp³-hybridized carbons (Fsp3) is 0. The van der Waals surface area contributed by atoms with Gasteiger partial charge in [0.25, 0.3) is 0 Å². The lowest BCUT2D eigenvalue weighted by atomic mass is 10.3. The van der Waals surface area contributed by atoms with Gasteiger partial charge in [-0.1, -0.05) is 36.4 Å². The van der Waals surface area contributed by atoms with E-state index in [1.807, 2.05) is 72.8 Å². The van der Waals surface area contributed by atoms with Crippen molar-refractivity contribution in [2.24, 2.45) is 0 Å². The van der Waals surface area contributed by atoms with Crippen molar-refractivity contribution in [3.63, 3.8) is 0 Å². The molecule has 0 bridgehead atoms. The molecule has 26 heavy (non-hydrogen) atoms. The lowest BCUT2D eigenvalue weighted by Gasteiger charge is -2.07. The fourth-order valence-corrected chi connectivity index (χ4v) is 2.51. The van der Waals surface area contributed by atoms with Gasteiger partial charge in [0.2, 0.25) is 11.9 Å². The predicted octanol–water partition coefficient (Wildman–Crippen LogP) is 3.73. The van der Waals surface area contributed by atoms with Crippen LogP contribution in [0.1, 0.15) is 0 Å². The van der Waals surface area contributed by atoms with Crippen LogP contribution in [-0.2, 0) is 0 Å². The van der Waals surface area contributed by atoms with Crippen molar-refractivity contribution in [2.45, 2.75) is 0 Å². The minimum Gasteiger partial charge on any atom is -0.368 e. The van der Waals surface area contributed by atoms with Crippen LogP contribution in [-0.4, -0.2) is 19.7 Å². The van der Waals surface area contributed by atoms with Crippen LogP contribution in [0.25, 0.3) is 5.69 Å². The Kier molecular flexibility index (Phi) is 4.17. The second kappa shape index (κ2) is 6.94. The van der Waals surface area contributed by atoms with E-state index >= 15 is 0 Å². The maximum atomic E-state index is 6.04. The molecule has 0 spiro atoms. The van der Waals surface area contributed by atoms with Crippen molar-refractivity contribution in [3.05, 3.63) is 79.0 Å². The normalized spacial score (nSPS) is 10.5. The van der Waals surface area contributed by atoms with E-state index in [0.717, 1.165) is 17.1 Å². The van der Waals surface area contributed by atoms with E-state index in [2.05, 4.69) is 25.7 Å². The van der Waals surface area contributed by atoms with Gasteiger partial charge in [-0.05, 0) is 30.3 Å². The minimum atomic E-state index is 0.292. The molecular formula is C19H17N7. The summed E-state index contributed by atoms with van der Waals surface area (Å²) < 4.78 is 1.57. The molecular weight excluding hydrogens is 326 g/mol. The molecule has 7 heteroatoms. The van der Waals surface area contributed by atoms with Crippen LogP contribution in [0.3, 0.4) is 0 Å². The molecule has 0 aliphatic carbocycles. The molecule has 2 heterocycles. The molecule has 4 rings (SSSR count). The zero-order valence-corrected chi connectivity index (χ0v) is 13.9. The Bertz CT molecular complexity index is 997. The molecule has 2 aromatic carbocycles. The number of anilines is 5. The Morgan fingerprint density at radius 1 is 0.808 bits per heavy atom. The molecule has 0 amide bonds. The molecule has 4 N–H and O–H groups in total. The van der Waals surface area contributed by atoms with E-state index in [4.69, 9.17) is 5.73 Å². The van der Waals surface area contributed by atoms with E-state index in [9.17, 15) is 0 Å². The maximum absolute atomic E-state index is 6.04. The number of pyridine rings is 1. The summed E-state index contributed by atoms with van der Waals surface area (Å²) in [6.07, 6.45) is 1.70. The van der Waals surface area contributed by atoms with Gasteiger partial charge in [-0.15, -0.1) is 5.10 Å². The van der Waals surface area contributed by atoms with Crippen molar-refractivity contribution in [1.82, 2.24) is 19.7 Å². The monoisotopic (exact) mass is 343 g/mol. The number of nitrogen functional groups attached to an aromatic ring is 1. The molecule has 0 aliphatic rings. The number of para-hydroxylation sites is 2. The summed E-state index contributed by atoms with van der Waals surface area (Å²) in [5, 5.41) is 10.8. The summed E-state index contributed by atoms with van der Waals surface area (Å²) in [5.41, 5.74) is 8.65. The molecule has 0 saturated carbocycles. The first-order valence-corrected chi connectivity index (χ1v) is 8.11. The van der Waals surface area contributed by atoms with Gasteiger partial charge in [0.05, 0.1) is 5.69 Å². The first-order valence-electron chi connectivity index (χ1n) is 8.11. The van der Waals surface area contributed by atoms with Crippen molar-refractivity contribution in [2.75, 3.05) is 16.4 Å². The highest BCUT2D eigenvalue weighted by Crippen LogP contribution is 2.20. The number of hydrogen-bond acceptors (Lipinski definition) is 6. The van der Waals surface area contributed by atoms with Crippen molar-refractivity contribution in [3.8, 4) is 5.69 Å². The lowest BCUT2D eigenvalue weighted by Crippen LogP contribution is -2.04. The largest absolute Gasteiger partial charge is 0.368 e. The summed E-state index contributed by atoms with van der Waals surface area (Å²) in [4.78, 5) is 8.61. The fourth-order valence-electron chi connectivity index (χ4n) is 2.51. The van der Waals surface area contributed by atoms with Gasteiger partial charge in [-0.25, -0.2) is 4.98 Å². The molecule has 0 aliphatic heterocycles. The maximum Gasteiger partial charge on any atom is 0.248 e. The first-order chi connectivity index (χ1) is 12.8. The average Bonchev–Trinajstić information content (AvgIpc) is 3.04.